The molecular weight excluding hydrogens is 218 g/mol. The van der Waals surface area contributed by atoms with Crippen molar-refractivity contribution in [3.8, 4) is 0 Å². The van der Waals surface area contributed by atoms with E-state index in [2.05, 4.69) is 0 Å². The van der Waals surface area contributed by atoms with Crippen molar-refractivity contribution in [1.82, 2.24) is 0 Å². The number of carboxylic acid groups (broad SMARTS) is 1. The minimum atomic E-state index is -4.80. The van der Waals surface area contributed by atoms with Gasteiger partial charge in [0.2, 0.25) is 0 Å². The Morgan fingerprint density at radius 3 is 2.27 bits per heavy atom. The van der Waals surface area contributed by atoms with Crippen molar-refractivity contribution < 1.29 is 27.5 Å². The molecule has 1 rings (SSSR count). The fourth-order valence-electron chi connectivity index (χ4n) is 1.01. The molecule has 3 nitrogen and oxygen atoms in total. The Hall–Kier alpha value is -1.79. The van der Waals surface area contributed by atoms with Gasteiger partial charge in [0, 0.05) is 0 Å². The van der Waals surface area contributed by atoms with Crippen LogP contribution in [0.25, 0.3) is 0 Å². The van der Waals surface area contributed by atoms with E-state index in [0.29, 0.717) is 12.1 Å². The van der Waals surface area contributed by atoms with E-state index in [1.54, 1.807) is 0 Å². The first kappa shape index (κ1) is 11.3. The molecule has 0 spiro atoms. The van der Waals surface area contributed by atoms with E-state index in [1.807, 2.05) is 0 Å². The molecule has 0 aliphatic heterocycles. The van der Waals surface area contributed by atoms with Gasteiger partial charge in [0.05, 0.1) is 16.8 Å². The van der Waals surface area contributed by atoms with Gasteiger partial charge in [0.1, 0.15) is 0 Å². The average Bonchev–Trinajstić information content (AvgIpc) is 2.06. The summed E-state index contributed by atoms with van der Waals surface area (Å²) in [7, 11) is 0. The summed E-state index contributed by atoms with van der Waals surface area (Å²) >= 11 is 0. The number of alkyl halides is 3. The zero-order valence-electron chi connectivity index (χ0n) is 7.10. The standard InChI is InChI=1S/C8H5F4NO2/c9-5-3(7(14)15)1-2-4(6(5)13)8(10,11)12/h1-2H,13H2,(H,14,15). The number of nitrogen functional groups attached to an aromatic ring is 1. The van der Waals surface area contributed by atoms with E-state index in [4.69, 9.17) is 10.8 Å². The van der Waals surface area contributed by atoms with E-state index >= 15 is 0 Å². The molecule has 0 radical (unpaired) electrons. The second-order valence-corrected chi connectivity index (χ2v) is 2.69. The number of aromatic carboxylic acids is 1. The topological polar surface area (TPSA) is 63.3 Å². The van der Waals surface area contributed by atoms with Crippen molar-refractivity contribution >= 4 is 11.7 Å². The van der Waals surface area contributed by atoms with Gasteiger partial charge in [0.15, 0.2) is 5.82 Å². The van der Waals surface area contributed by atoms with Crippen molar-refractivity contribution in [2.75, 3.05) is 5.73 Å². The zero-order valence-corrected chi connectivity index (χ0v) is 7.10. The predicted molar refractivity (Wildman–Crippen MR) is 42.8 cm³/mol. The molecule has 15 heavy (non-hydrogen) atoms. The highest BCUT2D eigenvalue weighted by Crippen LogP contribution is 2.35. The monoisotopic (exact) mass is 223 g/mol. The molecule has 0 saturated heterocycles. The SMILES string of the molecule is Nc1c(C(F)(F)F)ccc(C(=O)O)c1F. The number of benzene rings is 1. The lowest BCUT2D eigenvalue weighted by Crippen LogP contribution is -2.13. The summed E-state index contributed by atoms with van der Waals surface area (Å²) in [6.45, 7) is 0. The first-order valence-corrected chi connectivity index (χ1v) is 3.63. The number of carboxylic acids is 1. The Morgan fingerprint density at radius 2 is 1.87 bits per heavy atom. The van der Waals surface area contributed by atoms with E-state index in [-0.39, 0.29) is 0 Å². The molecular formula is C8H5F4NO2. The summed E-state index contributed by atoms with van der Waals surface area (Å²) in [5.74, 6) is -3.25. The van der Waals surface area contributed by atoms with Crippen LogP contribution in [0.2, 0.25) is 0 Å². The molecule has 0 amide bonds. The van der Waals surface area contributed by atoms with Crippen LogP contribution in [-0.2, 0) is 6.18 Å². The third kappa shape index (κ3) is 2.00. The maximum Gasteiger partial charge on any atom is 0.418 e. The Bertz CT molecular complexity index is 414. The molecule has 0 aliphatic carbocycles. The van der Waals surface area contributed by atoms with Gasteiger partial charge >= 0.3 is 12.1 Å². The van der Waals surface area contributed by atoms with Crippen molar-refractivity contribution in [2.45, 2.75) is 6.18 Å². The molecule has 1 aromatic carbocycles. The van der Waals surface area contributed by atoms with Crippen LogP contribution < -0.4 is 5.73 Å². The third-order valence-electron chi connectivity index (χ3n) is 1.72. The highest BCUT2D eigenvalue weighted by Gasteiger charge is 2.35. The fraction of sp³-hybridized carbons (Fsp3) is 0.125. The second-order valence-electron chi connectivity index (χ2n) is 2.69. The van der Waals surface area contributed by atoms with Gasteiger partial charge in [-0.15, -0.1) is 0 Å². The quantitative estimate of drug-likeness (QED) is 0.566. The number of anilines is 1. The Balaban J connectivity index is 3.41. The zero-order chi connectivity index (χ0) is 11.8. The van der Waals surface area contributed by atoms with Gasteiger partial charge in [-0.2, -0.15) is 13.2 Å². The highest BCUT2D eigenvalue weighted by molar-refractivity contribution is 5.89. The Kier molecular flexibility index (Phi) is 2.57. The number of halogens is 4. The summed E-state index contributed by atoms with van der Waals surface area (Å²) in [4.78, 5) is 10.4. The maximum absolute atomic E-state index is 13.0. The number of carbonyl (C=O) groups is 1. The minimum Gasteiger partial charge on any atom is -0.478 e. The maximum atomic E-state index is 13.0. The predicted octanol–water partition coefficient (Wildman–Crippen LogP) is 2.12. The van der Waals surface area contributed by atoms with Crippen molar-refractivity contribution in [2.24, 2.45) is 0 Å². The van der Waals surface area contributed by atoms with Gasteiger partial charge < -0.3 is 10.8 Å². The van der Waals surface area contributed by atoms with Crippen molar-refractivity contribution in [1.29, 1.82) is 0 Å². The van der Waals surface area contributed by atoms with E-state index < -0.39 is 34.8 Å². The molecule has 0 unspecified atom stereocenters. The largest absolute Gasteiger partial charge is 0.478 e. The highest BCUT2D eigenvalue weighted by atomic mass is 19.4. The normalized spacial score (nSPS) is 11.5. The minimum absolute atomic E-state index is 0.432. The molecule has 0 heterocycles. The summed E-state index contributed by atoms with van der Waals surface area (Å²) in [5.41, 5.74) is 1.37. The van der Waals surface area contributed by atoms with Gasteiger partial charge in [-0.05, 0) is 12.1 Å². The molecule has 0 atom stereocenters. The van der Waals surface area contributed by atoms with Gasteiger partial charge in [-0.25, -0.2) is 9.18 Å². The molecule has 3 N–H and O–H groups in total. The van der Waals surface area contributed by atoms with Gasteiger partial charge in [0.25, 0.3) is 0 Å². The lowest BCUT2D eigenvalue weighted by molar-refractivity contribution is -0.137. The van der Waals surface area contributed by atoms with Gasteiger partial charge in [-0.1, -0.05) is 0 Å². The van der Waals surface area contributed by atoms with Gasteiger partial charge in [-0.3, -0.25) is 0 Å². The fourth-order valence-corrected chi connectivity index (χ4v) is 1.01. The van der Waals surface area contributed by atoms with Crippen LogP contribution in [0.5, 0.6) is 0 Å². The number of hydrogen-bond donors (Lipinski definition) is 2. The number of hydrogen-bond acceptors (Lipinski definition) is 2. The van der Waals surface area contributed by atoms with Crippen LogP contribution in [0.1, 0.15) is 15.9 Å². The summed E-state index contributed by atoms with van der Waals surface area (Å²) in [5, 5.41) is 8.41. The average molecular weight is 223 g/mol. The van der Waals surface area contributed by atoms with Crippen LogP contribution in [0.15, 0.2) is 12.1 Å². The molecule has 0 fully saturated rings. The van der Waals surface area contributed by atoms with E-state index in [9.17, 15) is 22.4 Å². The van der Waals surface area contributed by atoms with Crippen LogP contribution in [0, 0.1) is 5.82 Å². The number of nitrogens with two attached hydrogens (primary N) is 1. The first-order chi connectivity index (χ1) is 6.75. The lowest BCUT2D eigenvalue weighted by Gasteiger charge is -2.11. The van der Waals surface area contributed by atoms with Crippen LogP contribution in [0.3, 0.4) is 0 Å². The Labute approximate surface area is 81.1 Å². The van der Waals surface area contributed by atoms with Crippen molar-refractivity contribution in [3.05, 3.63) is 29.1 Å². The summed E-state index contributed by atoms with van der Waals surface area (Å²) in [6.07, 6.45) is -4.80. The third-order valence-corrected chi connectivity index (χ3v) is 1.72. The molecule has 82 valence electrons. The number of rotatable bonds is 1. The first-order valence-electron chi connectivity index (χ1n) is 3.63. The summed E-state index contributed by atoms with van der Waals surface area (Å²) in [6, 6.07) is 0.957. The molecule has 0 saturated carbocycles. The second kappa shape index (κ2) is 3.41. The van der Waals surface area contributed by atoms with E-state index in [0.717, 1.165) is 0 Å². The molecule has 7 heteroatoms. The Morgan fingerprint density at radius 1 is 1.33 bits per heavy atom. The van der Waals surface area contributed by atoms with Crippen LogP contribution in [0.4, 0.5) is 23.2 Å². The smallest absolute Gasteiger partial charge is 0.418 e. The van der Waals surface area contributed by atoms with Crippen molar-refractivity contribution in [3.63, 3.8) is 0 Å². The molecule has 0 aromatic heterocycles. The molecule has 0 bridgehead atoms. The summed E-state index contributed by atoms with van der Waals surface area (Å²) < 4.78 is 49.5. The van der Waals surface area contributed by atoms with Crippen LogP contribution >= 0.6 is 0 Å². The molecule has 0 aliphatic rings. The molecule has 1 aromatic rings. The lowest BCUT2D eigenvalue weighted by atomic mass is 10.1. The van der Waals surface area contributed by atoms with Crippen LogP contribution in [-0.4, -0.2) is 11.1 Å². The van der Waals surface area contributed by atoms with E-state index in [1.165, 1.54) is 0 Å².